The van der Waals surface area contributed by atoms with E-state index >= 15 is 0 Å². The molecule has 1 saturated carbocycles. The summed E-state index contributed by atoms with van der Waals surface area (Å²) in [7, 11) is 0. The van der Waals surface area contributed by atoms with Crippen LogP contribution in [0.3, 0.4) is 0 Å². The molecule has 2 aromatic rings. The van der Waals surface area contributed by atoms with Crippen molar-refractivity contribution in [2.24, 2.45) is 0 Å². The monoisotopic (exact) mass is 634 g/mol. The maximum absolute atomic E-state index is 15.0. The number of fused-ring (bicyclic) bond motifs is 1. The zero-order chi connectivity index (χ0) is 32.4. The first-order valence-corrected chi connectivity index (χ1v) is 14.3. The highest BCUT2D eigenvalue weighted by atomic mass is 19.1. The number of hydrogen-bond donors (Lipinski definition) is 6. The molecule has 0 radical (unpaired) electrons. The fourth-order valence-corrected chi connectivity index (χ4v) is 5.46. The molecular formula is C31H36F2N2O10. The molecule has 5 rings (SSSR count). The lowest BCUT2D eigenvalue weighted by molar-refractivity contribution is -0.155. The van der Waals surface area contributed by atoms with Gasteiger partial charge in [0, 0.05) is 5.57 Å². The number of amides is 1. The third-order valence-corrected chi connectivity index (χ3v) is 8.03. The minimum atomic E-state index is -1.91. The summed E-state index contributed by atoms with van der Waals surface area (Å²) in [6.07, 6.45) is -8.92. The fraction of sp³-hybridized carbons (Fsp3) is 0.452. The van der Waals surface area contributed by atoms with Gasteiger partial charge in [-0.15, -0.1) is 0 Å². The molecule has 2 saturated heterocycles. The summed E-state index contributed by atoms with van der Waals surface area (Å²) in [4.78, 5) is 12.9. The lowest BCUT2D eigenvalue weighted by atomic mass is 9.83. The van der Waals surface area contributed by atoms with Gasteiger partial charge in [-0.2, -0.15) is 0 Å². The van der Waals surface area contributed by atoms with Gasteiger partial charge in [-0.3, -0.25) is 4.79 Å². The van der Waals surface area contributed by atoms with Gasteiger partial charge in [0.25, 0.3) is 0 Å². The minimum absolute atomic E-state index is 0.0324. The Morgan fingerprint density at radius 3 is 2.44 bits per heavy atom. The number of carbonyl (C=O) groups is 1. The number of halogens is 2. The van der Waals surface area contributed by atoms with Crippen LogP contribution in [0.25, 0.3) is 6.08 Å². The number of carbonyl (C=O) groups excluding carboxylic acids is 1. The molecular weight excluding hydrogens is 598 g/mol. The molecule has 0 spiro atoms. The Morgan fingerprint density at radius 2 is 1.73 bits per heavy atom. The molecule has 14 heteroatoms. The number of alkyl halides is 1. The number of benzene rings is 2. The van der Waals surface area contributed by atoms with Crippen molar-refractivity contribution in [1.82, 2.24) is 5.32 Å². The van der Waals surface area contributed by atoms with Crippen LogP contribution in [-0.2, 0) is 19.0 Å². The normalized spacial score (nSPS) is 33.5. The highest BCUT2D eigenvalue weighted by molar-refractivity contribution is 5.97. The number of para-hydroxylation sites is 1. The second-order valence-corrected chi connectivity index (χ2v) is 11.1. The van der Waals surface area contributed by atoms with Crippen molar-refractivity contribution in [2.75, 3.05) is 19.1 Å². The molecule has 1 aliphatic carbocycles. The van der Waals surface area contributed by atoms with Crippen LogP contribution in [0.1, 0.15) is 19.4 Å². The van der Waals surface area contributed by atoms with Crippen LogP contribution in [0.2, 0.25) is 0 Å². The number of nitrogens with two attached hydrogens (primary N) is 1. The second-order valence-electron chi connectivity index (χ2n) is 11.1. The summed E-state index contributed by atoms with van der Waals surface area (Å²) in [6.45, 7) is 2.94. The van der Waals surface area contributed by atoms with Crippen LogP contribution in [0, 0.1) is 5.82 Å². The summed E-state index contributed by atoms with van der Waals surface area (Å²) in [6, 6.07) is 9.18. The first kappa shape index (κ1) is 32.8. The molecule has 2 aromatic carbocycles. The van der Waals surface area contributed by atoms with Crippen molar-refractivity contribution in [2.45, 2.75) is 75.1 Å². The third kappa shape index (κ3) is 6.97. The topological polar surface area (TPSA) is 182 Å². The molecule has 7 N–H and O–H groups in total. The van der Waals surface area contributed by atoms with Crippen molar-refractivity contribution in [1.29, 1.82) is 0 Å². The molecule has 2 aliphatic heterocycles. The number of nitrogens with one attached hydrogen (secondary N) is 1. The maximum Gasteiger partial charge on any atom is 0.247 e. The van der Waals surface area contributed by atoms with Crippen molar-refractivity contribution in [3.63, 3.8) is 0 Å². The van der Waals surface area contributed by atoms with Crippen LogP contribution >= 0.6 is 0 Å². The van der Waals surface area contributed by atoms with Crippen LogP contribution < -0.4 is 20.5 Å². The van der Waals surface area contributed by atoms with Gasteiger partial charge in [0.05, 0.1) is 11.7 Å². The van der Waals surface area contributed by atoms with E-state index in [0.29, 0.717) is 11.1 Å². The van der Waals surface area contributed by atoms with Gasteiger partial charge in [-0.25, -0.2) is 8.78 Å². The zero-order valence-corrected chi connectivity index (χ0v) is 24.5. The third-order valence-electron chi connectivity index (χ3n) is 8.03. The van der Waals surface area contributed by atoms with Crippen LogP contribution in [0.5, 0.6) is 11.5 Å². The number of anilines is 1. The lowest BCUT2D eigenvalue weighted by Crippen LogP contribution is -2.67. The van der Waals surface area contributed by atoms with Crippen molar-refractivity contribution in [3.8, 4) is 11.5 Å². The molecule has 3 fully saturated rings. The predicted octanol–water partition coefficient (Wildman–Crippen LogP) is 0.962. The van der Waals surface area contributed by atoms with Crippen molar-refractivity contribution in [3.05, 3.63) is 71.1 Å². The molecule has 12 nitrogen and oxygen atoms in total. The summed E-state index contributed by atoms with van der Waals surface area (Å²) in [5.41, 5.74) is 7.37. The van der Waals surface area contributed by atoms with Crippen LogP contribution in [-0.4, -0.2) is 101 Å². The van der Waals surface area contributed by atoms with Crippen LogP contribution in [0.15, 0.2) is 59.7 Å². The van der Waals surface area contributed by atoms with E-state index in [-0.39, 0.29) is 36.2 Å². The lowest BCUT2D eigenvalue weighted by Gasteiger charge is -2.41. The van der Waals surface area contributed by atoms with E-state index in [2.05, 4.69) is 5.32 Å². The standard InChI is InChI=1S/C31H36F2N2O10/c1-14(9-10-41-19-6-4-3-5-17(19)32)27-23(36)21(33)31(45-27)44-20-8-7-16(12-18(20)34)11-15(2)30(40)35-22-24(37)26(39)29-28(25(22)38)42-13-43-29/h3-9,11-12,21-29,31,36-39H,10,13,34H2,1-2H3,(H,35,40)/b14-9+,15-11+/t21-,22+,23-,24-,25+,26+,27+,28-,29+,31+/m0/s1. The molecule has 0 aromatic heterocycles. The van der Waals surface area contributed by atoms with E-state index in [4.69, 9.17) is 29.4 Å². The van der Waals surface area contributed by atoms with Gasteiger partial charge >= 0.3 is 0 Å². The zero-order valence-electron chi connectivity index (χ0n) is 24.5. The Morgan fingerprint density at radius 1 is 1.02 bits per heavy atom. The average Bonchev–Trinajstić information content (AvgIpc) is 3.62. The maximum atomic E-state index is 15.0. The number of ether oxygens (including phenoxy) is 5. The molecule has 244 valence electrons. The summed E-state index contributed by atoms with van der Waals surface area (Å²) in [5.74, 6) is -1.01. The molecule has 2 heterocycles. The Balaban J connectivity index is 1.18. The van der Waals surface area contributed by atoms with Gasteiger partial charge < -0.3 is 55.2 Å². The fourth-order valence-electron chi connectivity index (χ4n) is 5.46. The second kappa shape index (κ2) is 13.8. The number of aliphatic hydroxyl groups excluding tert-OH is 4. The van der Waals surface area contributed by atoms with Gasteiger partial charge in [-0.05, 0) is 61.4 Å². The Hall–Kier alpha value is -3.63. The number of aliphatic hydroxyl groups is 4. The molecule has 10 atom stereocenters. The van der Waals surface area contributed by atoms with Gasteiger partial charge in [-0.1, -0.05) is 18.2 Å². The molecule has 45 heavy (non-hydrogen) atoms. The van der Waals surface area contributed by atoms with Gasteiger partial charge in [0.15, 0.2) is 17.7 Å². The van der Waals surface area contributed by atoms with Crippen molar-refractivity contribution < 1.29 is 57.7 Å². The van der Waals surface area contributed by atoms with E-state index in [9.17, 15) is 34.0 Å². The van der Waals surface area contributed by atoms with E-state index in [0.717, 1.165) is 0 Å². The van der Waals surface area contributed by atoms with E-state index < -0.39 is 73.0 Å². The predicted molar refractivity (Wildman–Crippen MR) is 155 cm³/mol. The van der Waals surface area contributed by atoms with Gasteiger partial charge in [0.2, 0.25) is 12.2 Å². The Kier molecular flexibility index (Phi) is 10.0. The average molecular weight is 635 g/mol. The summed E-state index contributed by atoms with van der Waals surface area (Å²) >= 11 is 0. The van der Waals surface area contributed by atoms with Crippen molar-refractivity contribution >= 4 is 17.7 Å². The van der Waals surface area contributed by atoms with E-state index in [1.54, 1.807) is 25.1 Å². The Bertz CT molecular complexity index is 1440. The highest BCUT2D eigenvalue weighted by Gasteiger charge is 2.53. The SMILES string of the molecule is C/C(=C\c1ccc(O[C@@H]2O[C@H](/C(C)=C/COc3ccccc3F)[C@@H](O)[C@@H]2F)c(N)c1)C(=O)N[C@@H]1[C@H](O)[C@@H](O)[C@H]2OCO[C@H]2[C@@H]1O. The summed E-state index contributed by atoms with van der Waals surface area (Å²) < 4.78 is 55.9. The van der Waals surface area contributed by atoms with E-state index in [1.807, 2.05) is 0 Å². The van der Waals surface area contributed by atoms with Gasteiger partial charge in [0.1, 0.15) is 61.9 Å². The summed E-state index contributed by atoms with van der Waals surface area (Å²) in [5, 5.41) is 44.3. The Labute approximate surface area is 257 Å². The first-order chi connectivity index (χ1) is 21.5. The minimum Gasteiger partial charge on any atom is -0.486 e. The van der Waals surface area contributed by atoms with Crippen LogP contribution in [0.4, 0.5) is 14.5 Å². The molecule has 3 aliphatic rings. The number of rotatable bonds is 9. The first-order valence-electron chi connectivity index (χ1n) is 14.3. The highest BCUT2D eigenvalue weighted by Crippen LogP contribution is 2.34. The molecule has 0 unspecified atom stereocenters. The molecule has 0 bridgehead atoms. The number of nitrogen functional groups attached to an aromatic ring is 1. The smallest absolute Gasteiger partial charge is 0.247 e. The molecule has 1 amide bonds. The quantitative estimate of drug-likeness (QED) is 0.131. The van der Waals surface area contributed by atoms with E-state index in [1.165, 1.54) is 43.3 Å². The number of hydrogen-bond acceptors (Lipinski definition) is 11. The largest absolute Gasteiger partial charge is 0.486 e.